The van der Waals surface area contributed by atoms with Gasteiger partial charge < -0.3 is 9.72 Å². The molecule has 1 amide bonds. The molecule has 7 nitrogen and oxygen atoms in total. The molecule has 5 aromatic rings. The topological polar surface area (TPSA) is 77.1 Å². The van der Waals surface area contributed by atoms with Crippen LogP contribution in [0.1, 0.15) is 21.7 Å². The fourth-order valence-electron chi connectivity index (χ4n) is 3.66. The molecule has 0 aliphatic heterocycles. The number of pyridine rings is 1. The lowest BCUT2D eigenvalue weighted by molar-refractivity contribution is -0.143. The Balaban J connectivity index is 1.41. The Kier molecular flexibility index (Phi) is 5.31. The number of fused-ring (bicyclic) bond motifs is 1. The van der Waals surface area contributed by atoms with Gasteiger partial charge in [-0.2, -0.15) is 13.2 Å². The minimum absolute atomic E-state index is 0.0858. The monoisotopic (exact) mass is 480 g/mol. The van der Waals surface area contributed by atoms with Gasteiger partial charge in [-0.1, -0.05) is 23.4 Å². The second-order valence-electron chi connectivity index (χ2n) is 7.75. The lowest BCUT2D eigenvalue weighted by Gasteiger charge is -2.11. The van der Waals surface area contributed by atoms with Crippen molar-refractivity contribution in [2.45, 2.75) is 13.1 Å². The van der Waals surface area contributed by atoms with E-state index in [-0.39, 0.29) is 11.4 Å². The molecule has 0 bridgehead atoms. The molecule has 11 heteroatoms. The van der Waals surface area contributed by atoms with Crippen molar-refractivity contribution in [3.05, 3.63) is 95.8 Å². The van der Waals surface area contributed by atoms with Crippen LogP contribution in [0.15, 0.2) is 73.1 Å². The Bertz CT molecular complexity index is 1540. The third-order valence-electron chi connectivity index (χ3n) is 5.34. The summed E-state index contributed by atoms with van der Waals surface area (Å²) in [6.07, 6.45) is -1.19. The van der Waals surface area contributed by atoms with E-state index in [1.54, 1.807) is 24.3 Å². The van der Waals surface area contributed by atoms with Crippen molar-refractivity contribution in [3.63, 3.8) is 0 Å². The molecule has 2 aromatic carbocycles. The number of carbonyl (C=O) groups excluding carboxylic acids is 1. The number of nitrogens with one attached hydrogen (secondary N) is 1. The number of carbonyl (C=O) groups is 1. The van der Waals surface area contributed by atoms with Crippen LogP contribution in [0, 0.1) is 12.7 Å². The minimum Gasteiger partial charge on any atom is -0.321 e. The van der Waals surface area contributed by atoms with E-state index in [1.165, 1.54) is 0 Å². The number of rotatable bonds is 4. The number of aromatic nitrogens is 5. The summed E-state index contributed by atoms with van der Waals surface area (Å²) < 4.78 is 56.9. The summed E-state index contributed by atoms with van der Waals surface area (Å²) in [5.41, 5.74) is 1.21. The fraction of sp³-hybridized carbons (Fsp3) is 0.0833. The summed E-state index contributed by atoms with van der Waals surface area (Å²) in [5, 5.41) is 9.35. The number of imidazole rings is 1. The van der Waals surface area contributed by atoms with E-state index >= 15 is 0 Å². The van der Waals surface area contributed by atoms with Crippen LogP contribution in [-0.4, -0.2) is 30.3 Å². The summed E-state index contributed by atoms with van der Waals surface area (Å²) in [7, 11) is 0. The Morgan fingerprint density at radius 2 is 1.71 bits per heavy atom. The van der Waals surface area contributed by atoms with Crippen LogP contribution in [0.2, 0.25) is 0 Å². The molecule has 5 rings (SSSR count). The first-order valence-corrected chi connectivity index (χ1v) is 10.4. The number of hydrogen-bond acceptors (Lipinski definition) is 4. The zero-order chi connectivity index (χ0) is 24.7. The highest BCUT2D eigenvalue weighted by atomic mass is 19.4. The molecule has 0 aliphatic rings. The first kappa shape index (κ1) is 22.3. The van der Waals surface area contributed by atoms with Gasteiger partial charge in [-0.3, -0.25) is 4.79 Å². The lowest BCUT2D eigenvalue weighted by atomic mass is 10.1. The Hall–Kier alpha value is -4.54. The highest BCUT2D eigenvalue weighted by Crippen LogP contribution is 2.33. The highest BCUT2D eigenvalue weighted by molar-refractivity contribution is 6.03. The molecule has 0 atom stereocenters. The van der Waals surface area contributed by atoms with Gasteiger partial charge in [0, 0.05) is 23.6 Å². The second-order valence-corrected chi connectivity index (χ2v) is 7.75. The Morgan fingerprint density at radius 3 is 2.37 bits per heavy atom. The first-order chi connectivity index (χ1) is 16.7. The maximum Gasteiger partial charge on any atom is 0.435 e. The summed E-state index contributed by atoms with van der Waals surface area (Å²) in [5.74, 6) is -1.70. The molecular formula is C24H16F4N6O. The number of halogens is 4. The standard InChI is InChI=1S/C24H16F4N6O/c1-14-3-2-12-33-13-19(30-22(14)33)15-4-8-17(9-5-15)29-23(35)20-21(24(26,27)28)34(32-31-20)18-10-6-16(25)7-11-18/h2-13H,1H3,(H,29,35). The summed E-state index contributed by atoms with van der Waals surface area (Å²) >= 11 is 0. The van der Waals surface area contributed by atoms with Crippen molar-refractivity contribution in [2.75, 3.05) is 5.32 Å². The SMILES string of the molecule is Cc1cccn2cc(-c3ccc(NC(=O)c4nnn(-c5ccc(F)cc5)c4C(F)(F)F)cc3)nc12. The third-order valence-corrected chi connectivity index (χ3v) is 5.34. The van der Waals surface area contributed by atoms with E-state index in [4.69, 9.17) is 0 Å². The zero-order valence-electron chi connectivity index (χ0n) is 18.1. The number of anilines is 1. The Labute approximate surface area is 195 Å². The van der Waals surface area contributed by atoms with E-state index in [9.17, 15) is 22.4 Å². The fourth-order valence-corrected chi connectivity index (χ4v) is 3.66. The van der Waals surface area contributed by atoms with Crippen LogP contribution in [0.4, 0.5) is 23.2 Å². The Morgan fingerprint density at radius 1 is 1.00 bits per heavy atom. The highest BCUT2D eigenvalue weighted by Gasteiger charge is 2.42. The van der Waals surface area contributed by atoms with Gasteiger partial charge in [-0.15, -0.1) is 5.10 Å². The molecule has 0 saturated carbocycles. The van der Waals surface area contributed by atoms with Crippen molar-refractivity contribution < 1.29 is 22.4 Å². The number of hydrogen-bond donors (Lipinski definition) is 1. The summed E-state index contributed by atoms with van der Waals surface area (Å²) in [4.78, 5) is 17.3. The molecule has 0 fully saturated rings. The molecule has 3 aromatic heterocycles. The van der Waals surface area contributed by atoms with Crippen LogP contribution in [-0.2, 0) is 6.18 Å². The van der Waals surface area contributed by atoms with Crippen molar-refractivity contribution in [1.82, 2.24) is 24.4 Å². The van der Waals surface area contributed by atoms with Crippen LogP contribution < -0.4 is 5.32 Å². The van der Waals surface area contributed by atoms with E-state index in [0.717, 1.165) is 41.0 Å². The average Bonchev–Trinajstić information content (AvgIpc) is 3.46. The molecule has 3 heterocycles. The van der Waals surface area contributed by atoms with E-state index < -0.39 is 29.3 Å². The van der Waals surface area contributed by atoms with Gasteiger partial charge in [0.2, 0.25) is 0 Å². The molecular weight excluding hydrogens is 464 g/mol. The predicted octanol–water partition coefficient (Wildman–Crippen LogP) is 5.30. The normalized spacial score (nSPS) is 11.7. The van der Waals surface area contributed by atoms with Crippen molar-refractivity contribution in [2.24, 2.45) is 0 Å². The van der Waals surface area contributed by atoms with Crippen LogP contribution >= 0.6 is 0 Å². The minimum atomic E-state index is -4.93. The quantitative estimate of drug-likeness (QED) is 0.354. The molecule has 0 saturated heterocycles. The van der Waals surface area contributed by atoms with Gasteiger partial charge in [-0.25, -0.2) is 14.1 Å². The second kappa shape index (κ2) is 8.35. The van der Waals surface area contributed by atoms with Crippen molar-refractivity contribution in [1.29, 1.82) is 0 Å². The number of alkyl halides is 3. The number of benzene rings is 2. The van der Waals surface area contributed by atoms with Crippen molar-refractivity contribution >= 4 is 17.2 Å². The van der Waals surface area contributed by atoms with Gasteiger partial charge in [0.1, 0.15) is 11.5 Å². The van der Waals surface area contributed by atoms with Crippen LogP contribution in [0.5, 0.6) is 0 Å². The molecule has 0 radical (unpaired) electrons. The number of nitrogens with zero attached hydrogens (tertiary/aromatic N) is 5. The lowest BCUT2D eigenvalue weighted by Crippen LogP contribution is -2.21. The summed E-state index contributed by atoms with van der Waals surface area (Å²) in [6, 6.07) is 14.6. The van der Waals surface area contributed by atoms with E-state index in [0.29, 0.717) is 10.4 Å². The maximum atomic E-state index is 13.8. The zero-order valence-corrected chi connectivity index (χ0v) is 18.1. The van der Waals surface area contributed by atoms with Gasteiger partial charge in [-0.05, 0) is 55.0 Å². The number of aryl methyl sites for hydroxylation is 1. The van der Waals surface area contributed by atoms with Crippen LogP contribution in [0.3, 0.4) is 0 Å². The smallest absolute Gasteiger partial charge is 0.321 e. The molecule has 176 valence electrons. The molecule has 0 aliphatic carbocycles. The average molecular weight is 480 g/mol. The molecule has 1 N–H and O–H groups in total. The van der Waals surface area contributed by atoms with E-state index in [1.807, 2.05) is 35.9 Å². The first-order valence-electron chi connectivity index (χ1n) is 10.4. The molecule has 35 heavy (non-hydrogen) atoms. The predicted molar refractivity (Wildman–Crippen MR) is 120 cm³/mol. The van der Waals surface area contributed by atoms with Crippen molar-refractivity contribution in [3.8, 4) is 16.9 Å². The van der Waals surface area contributed by atoms with Gasteiger partial charge in [0.15, 0.2) is 11.4 Å². The third kappa shape index (κ3) is 4.23. The molecule has 0 unspecified atom stereocenters. The maximum absolute atomic E-state index is 13.8. The number of amides is 1. The molecule has 0 spiro atoms. The largest absolute Gasteiger partial charge is 0.435 e. The van der Waals surface area contributed by atoms with Gasteiger partial charge in [0.25, 0.3) is 5.91 Å². The van der Waals surface area contributed by atoms with Gasteiger partial charge >= 0.3 is 6.18 Å². The van der Waals surface area contributed by atoms with Crippen LogP contribution in [0.25, 0.3) is 22.6 Å². The van der Waals surface area contributed by atoms with Gasteiger partial charge in [0.05, 0.1) is 11.4 Å². The summed E-state index contributed by atoms with van der Waals surface area (Å²) in [6.45, 7) is 1.95. The van der Waals surface area contributed by atoms with E-state index in [2.05, 4.69) is 20.6 Å².